The van der Waals surface area contributed by atoms with Gasteiger partial charge in [-0.25, -0.2) is 9.10 Å². The molecule has 0 aromatic rings. The van der Waals surface area contributed by atoms with Crippen LogP contribution >= 0.6 is 0 Å². The van der Waals surface area contributed by atoms with Gasteiger partial charge in [-0.1, -0.05) is 0 Å². The first-order valence-corrected chi connectivity index (χ1v) is 9.48. The van der Waals surface area contributed by atoms with E-state index in [1.807, 2.05) is 0 Å². The number of hydrogen-bond donors (Lipinski definition) is 2. The van der Waals surface area contributed by atoms with Crippen molar-refractivity contribution in [3.63, 3.8) is 0 Å². The zero-order valence-corrected chi connectivity index (χ0v) is 14.5. The van der Waals surface area contributed by atoms with Gasteiger partial charge in [-0.2, -0.15) is 16.8 Å². The van der Waals surface area contributed by atoms with Crippen molar-refractivity contribution in [2.45, 2.75) is 38.5 Å². The molecule has 0 aromatic heterocycles. The van der Waals surface area contributed by atoms with E-state index < -0.39 is 56.7 Å². The van der Waals surface area contributed by atoms with Crippen LogP contribution < -0.4 is 5.32 Å². The Hall–Kier alpha value is -0.440. The minimum absolute atomic E-state index is 0. The van der Waals surface area contributed by atoms with E-state index in [9.17, 15) is 26.4 Å². The normalized spacial score (nSPS) is 21.5. The van der Waals surface area contributed by atoms with Crippen molar-refractivity contribution in [2.24, 2.45) is 0 Å². The molecule has 0 aromatic carbocycles. The van der Waals surface area contributed by atoms with Gasteiger partial charge in [0.2, 0.25) is 0 Å². The van der Waals surface area contributed by atoms with Crippen molar-refractivity contribution in [1.82, 2.24) is 9.62 Å². The Morgan fingerprint density at radius 3 is 2.17 bits per heavy atom. The number of alkyl carbamates (subject to hydrolysis) is 1. The summed E-state index contributed by atoms with van der Waals surface area (Å²) in [7, 11) is -8.84. The molecular formula is C10H19N2NaO9S2. The van der Waals surface area contributed by atoms with Crippen LogP contribution in [0.25, 0.3) is 0 Å². The summed E-state index contributed by atoms with van der Waals surface area (Å²) in [6.45, 7) is 3.96. The molecule has 1 fully saturated rings. The first kappa shape index (κ1) is 23.6. The van der Waals surface area contributed by atoms with Crippen LogP contribution in [0.3, 0.4) is 0 Å². The molecular weight excluding hydrogens is 379 g/mol. The second kappa shape index (κ2) is 7.85. The number of nitrogens with zero attached hydrogens (tertiary/aromatic N) is 1. The van der Waals surface area contributed by atoms with Crippen LogP contribution in [0.15, 0.2) is 0 Å². The maximum atomic E-state index is 11.8. The second-order valence-corrected chi connectivity index (χ2v) is 8.72. The van der Waals surface area contributed by atoms with Gasteiger partial charge in [0, 0.05) is 0 Å². The van der Waals surface area contributed by atoms with Gasteiger partial charge in [0.15, 0.2) is 0 Å². The number of hydrogen-bond acceptors (Lipinski definition) is 8. The molecule has 0 saturated carbocycles. The summed E-state index contributed by atoms with van der Waals surface area (Å²) in [5.74, 6) is -1.14. The fourth-order valence-electron chi connectivity index (χ4n) is 1.75. The Balaban J connectivity index is 0.00000529. The third-order valence-electron chi connectivity index (χ3n) is 2.54. The van der Waals surface area contributed by atoms with E-state index in [0.717, 1.165) is 6.26 Å². The zero-order chi connectivity index (χ0) is 18.2. The van der Waals surface area contributed by atoms with Crippen LogP contribution in [0.2, 0.25) is 0 Å². The van der Waals surface area contributed by atoms with E-state index in [2.05, 4.69) is 9.50 Å². The molecule has 1 aliphatic rings. The quantitative estimate of drug-likeness (QED) is 0.236. The average molecular weight is 398 g/mol. The fourth-order valence-corrected chi connectivity index (χ4v) is 3.01. The molecule has 2 N–H and O–H groups in total. The van der Waals surface area contributed by atoms with Crippen molar-refractivity contribution in [1.29, 1.82) is 0 Å². The molecule has 1 rings (SSSR count). The van der Waals surface area contributed by atoms with Gasteiger partial charge >= 0.3 is 46.0 Å². The van der Waals surface area contributed by atoms with Crippen LogP contribution in [0.5, 0.6) is 0 Å². The molecule has 1 heterocycles. The molecule has 2 atom stereocenters. The standard InChI is InChI=1S/C10H18N2O9S2.Na.H/c1-10(2,3)21-9(14)11-7-6(5-20-22(4,15)16)12(8(7)13)23(17,18)19;;/h6-7H,5H2,1-4H3,(H,11,14)(H,17,18,19);;. The van der Waals surface area contributed by atoms with Crippen LogP contribution in [-0.2, 0) is 34.1 Å². The monoisotopic (exact) mass is 398 g/mol. The van der Waals surface area contributed by atoms with Crippen LogP contribution in [-0.4, -0.2) is 97.8 Å². The molecule has 0 aliphatic carbocycles. The van der Waals surface area contributed by atoms with Crippen molar-refractivity contribution in [2.75, 3.05) is 12.9 Å². The fraction of sp³-hybridized carbons (Fsp3) is 0.800. The average Bonchev–Trinajstić information content (AvgIpc) is 2.25. The Kier molecular flexibility index (Phi) is 7.70. The molecule has 24 heavy (non-hydrogen) atoms. The number of carbonyl (C=O) groups excluding carboxylic acids is 2. The number of β-lactam (4-membered cyclic amide) rings is 1. The molecule has 11 nitrogen and oxygen atoms in total. The SMILES string of the molecule is CC(C)(C)OC(=O)NC1C(=O)N(S(=O)(=O)O)C1COS(C)(=O)=O.[NaH]. The van der Waals surface area contributed by atoms with Crippen LogP contribution in [0.1, 0.15) is 20.8 Å². The van der Waals surface area contributed by atoms with E-state index in [1.165, 1.54) is 0 Å². The molecule has 136 valence electrons. The van der Waals surface area contributed by atoms with Gasteiger partial charge in [0.05, 0.1) is 12.9 Å². The second-order valence-electron chi connectivity index (χ2n) is 5.79. The maximum absolute atomic E-state index is 11.8. The Bertz CT molecular complexity index is 698. The summed E-state index contributed by atoms with van der Waals surface area (Å²) in [5, 5.41) is 2.11. The zero-order valence-electron chi connectivity index (χ0n) is 12.8. The minimum atomic E-state index is -4.92. The molecule has 0 radical (unpaired) electrons. The van der Waals surface area contributed by atoms with Gasteiger partial charge < -0.3 is 10.1 Å². The van der Waals surface area contributed by atoms with E-state index in [0.29, 0.717) is 0 Å². The topological polar surface area (TPSA) is 156 Å². The molecule has 14 heteroatoms. The van der Waals surface area contributed by atoms with Gasteiger partial charge in [0.1, 0.15) is 17.7 Å². The van der Waals surface area contributed by atoms with Crippen molar-refractivity contribution < 1.29 is 39.9 Å². The van der Waals surface area contributed by atoms with E-state index in [1.54, 1.807) is 20.8 Å². The Labute approximate surface area is 162 Å². The number of amides is 2. The Morgan fingerprint density at radius 2 is 1.79 bits per heavy atom. The van der Waals surface area contributed by atoms with E-state index >= 15 is 0 Å². The molecule has 0 spiro atoms. The van der Waals surface area contributed by atoms with Crippen LogP contribution in [0, 0.1) is 0 Å². The number of nitrogens with one attached hydrogen (secondary N) is 1. The summed E-state index contributed by atoms with van der Waals surface area (Å²) in [6.07, 6.45) is -0.281. The predicted octanol–water partition coefficient (Wildman–Crippen LogP) is -1.78. The van der Waals surface area contributed by atoms with Crippen molar-refractivity contribution >= 4 is 62.0 Å². The summed E-state index contributed by atoms with van der Waals surface area (Å²) >= 11 is 0. The first-order valence-electron chi connectivity index (χ1n) is 6.26. The van der Waals surface area contributed by atoms with E-state index in [4.69, 9.17) is 9.29 Å². The van der Waals surface area contributed by atoms with Crippen molar-refractivity contribution in [3.05, 3.63) is 0 Å². The number of ether oxygens (including phenoxy) is 1. The molecule has 0 bridgehead atoms. The molecule has 2 amide bonds. The molecule has 1 saturated heterocycles. The van der Waals surface area contributed by atoms with Gasteiger partial charge in [-0.05, 0) is 20.8 Å². The van der Waals surface area contributed by atoms with Gasteiger partial charge in [-0.3, -0.25) is 13.5 Å². The predicted molar refractivity (Wildman–Crippen MR) is 83.3 cm³/mol. The first-order chi connectivity index (χ1) is 10.1. The van der Waals surface area contributed by atoms with Crippen molar-refractivity contribution in [3.8, 4) is 0 Å². The molecule has 1 aliphatic heterocycles. The van der Waals surface area contributed by atoms with E-state index in [-0.39, 0.29) is 33.9 Å². The number of carbonyl (C=O) groups is 2. The summed E-state index contributed by atoms with van der Waals surface area (Å²) in [4.78, 5) is 23.4. The summed E-state index contributed by atoms with van der Waals surface area (Å²) in [6, 6.07) is -2.83. The van der Waals surface area contributed by atoms with Gasteiger partial charge in [0.25, 0.3) is 16.0 Å². The summed E-state index contributed by atoms with van der Waals surface area (Å²) < 4.78 is 62.6. The Morgan fingerprint density at radius 1 is 1.29 bits per heavy atom. The van der Waals surface area contributed by atoms with Crippen LogP contribution in [0.4, 0.5) is 4.79 Å². The van der Waals surface area contributed by atoms with Gasteiger partial charge in [-0.15, -0.1) is 0 Å². The molecule has 2 unspecified atom stereocenters. The summed E-state index contributed by atoms with van der Waals surface area (Å²) in [5.41, 5.74) is -0.863. The third kappa shape index (κ3) is 6.82. The number of rotatable bonds is 5. The third-order valence-corrected chi connectivity index (χ3v) is 4.06.